The monoisotopic (exact) mass is 294 g/mol. The van der Waals surface area contributed by atoms with Gasteiger partial charge in [-0.05, 0) is 32.5 Å². The van der Waals surface area contributed by atoms with Crippen molar-refractivity contribution in [2.75, 3.05) is 13.6 Å². The Hall–Kier alpha value is -0.590. The lowest BCUT2D eigenvalue weighted by molar-refractivity contribution is -0.138. The van der Waals surface area contributed by atoms with Crippen molar-refractivity contribution in [3.8, 4) is 0 Å². The van der Waals surface area contributed by atoms with Gasteiger partial charge in [-0.25, -0.2) is 0 Å². The molecule has 1 heterocycles. The van der Waals surface area contributed by atoms with Gasteiger partial charge in [0.1, 0.15) is 0 Å². The summed E-state index contributed by atoms with van der Waals surface area (Å²) in [6.45, 7) is 3.91. The number of thiophene rings is 1. The molecular formula is C13H21F3N2S. The molecular weight excluding hydrogens is 273 g/mol. The third kappa shape index (κ3) is 5.12. The Labute approximate surface area is 116 Å². The molecule has 19 heavy (non-hydrogen) atoms. The minimum Gasteiger partial charge on any atom is -0.326 e. The molecule has 0 fully saturated rings. The Morgan fingerprint density at radius 1 is 1.37 bits per heavy atom. The molecule has 1 aromatic heterocycles. The van der Waals surface area contributed by atoms with E-state index in [1.165, 1.54) is 0 Å². The van der Waals surface area contributed by atoms with Crippen molar-refractivity contribution in [2.45, 2.75) is 44.9 Å². The Morgan fingerprint density at radius 2 is 2.00 bits per heavy atom. The summed E-state index contributed by atoms with van der Waals surface area (Å²) in [7, 11) is 1.71. The van der Waals surface area contributed by atoms with E-state index in [-0.39, 0.29) is 18.6 Å². The highest BCUT2D eigenvalue weighted by molar-refractivity contribution is 7.12. The van der Waals surface area contributed by atoms with Gasteiger partial charge in [0.2, 0.25) is 0 Å². The normalized spacial score (nSPS) is 15.8. The maximum Gasteiger partial charge on any atom is 0.390 e. The predicted octanol–water partition coefficient (Wildman–Crippen LogP) is 3.72. The highest BCUT2D eigenvalue weighted by Crippen LogP contribution is 2.31. The van der Waals surface area contributed by atoms with Crippen LogP contribution in [0.4, 0.5) is 13.2 Å². The number of hydrogen-bond acceptors (Lipinski definition) is 3. The van der Waals surface area contributed by atoms with E-state index >= 15 is 0 Å². The van der Waals surface area contributed by atoms with E-state index in [9.17, 15) is 13.2 Å². The summed E-state index contributed by atoms with van der Waals surface area (Å²) in [5, 5.41) is 0. The van der Waals surface area contributed by atoms with Crippen molar-refractivity contribution >= 4 is 11.3 Å². The average Bonchev–Trinajstić information content (AvgIpc) is 2.72. The molecule has 0 amide bonds. The van der Waals surface area contributed by atoms with Crippen LogP contribution in [0.2, 0.25) is 0 Å². The van der Waals surface area contributed by atoms with Crippen LogP contribution in [0.25, 0.3) is 0 Å². The number of alkyl halides is 3. The van der Waals surface area contributed by atoms with Gasteiger partial charge in [0.05, 0.1) is 12.5 Å². The quantitative estimate of drug-likeness (QED) is 0.866. The lowest BCUT2D eigenvalue weighted by Gasteiger charge is -2.32. The molecule has 6 heteroatoms. The number of aryl methyl sites for hydroxylation is 1. The molecule has 0 aliphatic heterocycles. The number of likely N-dealkylation sites (N-methyl/N-ethyl adjacent to an activating group) is 1. The van der Waals surface area contributed by atoms with Gasteiger partial charge in [0.15, 0.2) is 0 Å². The molecule has 0 bridgehead atoms. The van der Waals surface area contributed by atoms with E-state index in [0.29, 0.717) is 0 Å². The van der Waals surface area contributed by atoms with E-state index in [0.717, 1.165) is 16.2 Å². The summed E-state index contributed by atoms with van der Waals surface area (Å²) in [4.78, 5) is 3.90. The molecule has 0 aromatic carbocycles. The third-order valence-electron chi connectivity index (χ3n) is 3.15. The van der Waals surface area contributed by atoms with Gasteiger partial charge in [-0.1, -0.05) is 6.92 Å². The molecule has 1 aromatic rings. The van der Waals surface area contributed by atoms with Crippen molar-refractivity contribution in [2.24, 2.45) is 5.73 Å². The zero-order valence-electron chi connectivity index (χ0n) is 11.5. The van der Waals surface area contributed by atoms with Crippen LogP contribution in [0, 0.1) is 6.92 Å². The molecule has 0 spiro atoms. The van der Waals surface area contributed by atoms with Crippen LogP contribution in [0.3, 0.4) is 0 Å². The molecule has 110 valence electrons. The molecule has 0 radical (unpaired) electrons. The predicted molar refractivity (Wildman–Crippen MR) is 73.4 cm³/mol. The number of nitrogens with zero attached hydrogens (tertiary/aromatic N) is 1. The highest BCUT2D eigenvalue weighted by atomic mass is 32.1. The highest BCUT2D eigenvalue weighted by Gasteiger charge is 2.30. The summed E-state index contributed by atoms with van der Waals surface area (Å²) in [5.74, 6) is 0. The Balaban J connectivity index is 2.80. The number of rotatable bonds is 6. The van der Waals surface area contributed by atoms with Gasteiger partial charge in [-0.2, -0.15) is 13.2 Å². The lowest BCUT2D eigenvalue weighted by atomic mass is 10.0. The van der Waals surface area contributed by atoms with Crippen LogP contribution >= 0.6 is 11.3 Å². The second kappa shape index (κ2) is 6.72. The topological polar surface area (TPSA) is 29.3 Å². The second-order valence-electron chi connectivity index (χ2n) is 4.81. The first-order valence-corrected chi connectivity index (χ1v) is 7.15. The number of halogens is 3. The van der Waals surface area contributed by atoms with Crippen LogP contribution in [-0.4, -0.2) is 30.7 Å². The number of hydrogen-bond donors (Lipinski definition) is 1. The molecule has 0 aliphatic rings. The molecule has 0 aliphatic carbocycles. The first-order valence-electron chi connectivity index (χ1n) is 6.33. The standard InChI is InChI=1S/C13H21F3N2S/c1-4-10(17)12(11-6-5-9(2)19-11)18(3)8-7-13(14,15)16/h5-6,10,12H,4,7-8,17H2,1-3H3. The van der Waals surface area contributed by atoms with Gasteiger partial charge in [-0.3, -0.25) is 4.90 Å². The fourth-order valence-electron chi connectivity index (χ4n) is 2.03. The summed E-state index contributed by atoms with van der Waals surface area (Å²) in [5.41, 5.74) is 6.08. The van der Waals surface area contributed by atoms with E-state index in [2.05, 4.69) is 0 Å². The fraction of sp³-hybridized carbons (Fsp3) is 0.692. The minimum atomic E-state index is -4.12. The third-order valence-corrected chi connectivity index (χ3v) is 4.22. The summed E-state index contributed by atoms with van der Waals surface area (Å²) in [6, 6.07) is 3.64. The fourth-order valence-corrected chi connectivity index (χ4v) is 3.15. The smallest absolute Gasteiger partial charge is 0.326 e. The second-order valence-corrected chi connectivity index (χ2v) is 6.13. The molecule has 0 saturated heterocycles. The molecule has 2 nitrogen and oxygen atoms in total. The van der Waals surface area contributed by atoms with Crippen LogP contribution in [-0.2, 0) is 0 Å². The zero-order chi connectivity index (χ0) is 14.6. The first-order chi connectivity index (χ1) is 8.74. The number of nitrogens with two attached hydrogens (primary N) is 1. The van der Waals surface area contributed by atoms with E-state index in [1.807, 2.05) is 26.0 Å². The summed E-state index contributed by atoms with van der Waals surface area (Å²) in [6.07, 6.45) is -4.20. The van der Waals surface area contributed by atoms with Gasteiger partial charge in [-0.15, -0.1) is 11.3 Å². The first kappa shape index (κ1) is 16.5. The van der Waals surface area contributed by atoms with Crippen molar-refractivity contribution < 1.29 is 13.2 Å². The van der Waals surface area contributed by atoms with E-state index < -0.39 is 12.6 Å². The van der Waals surface area contributed by atoms with E-state index in [1.54, 1.807) is 23.3 Å². The van der Waals surface area contributed by atoms with Crippen molar-refractivity contribution in [1.82, 2.24) is 4.90 Å². The summed E-state index contributed by atoms with van der Waals surface area (Å²) < 4.78 is 36.9. The summed E-state index contributed by atoms with van der Waals surface area (Å²) >= 11 is 1.60. The molecule has 1 rings (SSSR count). The van der Waals surface area contributed by atoms with Crippen molar-refractivity contribution in [3.05, 3.63) is 21.9 Å². The molecule has 2 N–H and O–H groups in total. The van der Waals surface area contributed by atoms with Crippen molar-refractivity contribution in [1.29, 1.82) is 0 Å². The minimum absolute atomic E-state index is 0.0290. The van der Waals surface area contributed by atoms with Crippen LogP contribution < -0.4 is 5.73 Å². The van der Waals surface area contributed by atoms with Gasteiger partial charge < -0.3 is 5.73 Å². The van der Waals surface area contributed by atoms with Gasteiger partial charge in [0.25, 0.3) is 0 Å². The lowest BCUT2D eigenvalue weighted by Crippen LogP contribution is -2.39. The molecule has 2 unspecified atom stereocenters. The van der Waals surface area contributed by atoms with Crippen LogP contribution in [0.5, 0.6) is 0 Å². The van der Waals surface area contributed by atoms with Crippen LogP contribution in [0.1, 0.15) is 35.6 Å². The van der Waals surface area contributed by atoms with E-state index in [4.69, 9.17) is 5.73 Å². The largest absolute Gasteiger partial charge is 0.390 e. The molecule has 2 atom stereocenters. The molecule has 0 saturated carbocycles. The zero-order valence-corrected chi connectivity index (χ0v) is 12.3. The van der Waals surface area contributed by atoms with Gasteiger partial charge >= 0.3 is 6.18 Å². The Morgan fingerprint density at radius 3 is 2.42 bits per heavy atom. The maximum atomic E-state index is 12.3. The average molecular weight is 294 g/mol. The Bertz CT molecular complexity index is 389. The Kier molecular flexibility index (Phi) is 5.82. The van der Waals surface area contributed by atoms with Crippen LogP contribution in [0.15, 0.2) is 12.1 Å². The maximum absolute atomic E-state index is 12.3. The van der Waals surface area contributed by atoms with Crippen molar-refractivity contribution in [3.63, 3.8) is 0 Å². The van der Waals surface area contributed by atoms with Gasteiger partial charge in [0, 0.05) is 22.3 Å². The SMILES string of the molecule is CCC(N)C(c1ccc(C)s1)N(C)CCC(F)(F)F.